The summed E-state index contributed by atoms with van der Waals surface area (Å²) >= 11 is 2.12. The number of aromatic hydroxyl groups is 1. The maximum absolute atomic E-state index is 12.1. The van der Waals surface area contributed by atoms with Crippen LogP contribution in [0.4, 0.5) is 0 Å². The Morgan fingerprint density at radius 2 is 1.68 bits per heavy atom. The minimum Gasteiger partial charge on any atom is -0.502 e. The predicted molar refractivity (Wildman–Crippen MR) is 102 cm³/mol. The number of phenols is 1. The van der Waals surface area contributed by atoms with E-state index in [1.165, 1.54) is 20.4 Å². The molecule has 0 aliphatic carbocycles. The van der Waals surface area contributed by atoms with Gasteiger partial charge in [0, 0.05) is 11.1 Å². The Hall–Kier alpha value is -2.49. The first kappa shape index (κ1) is 18.8. The number of nitrogens with one attached hydrogen (secondary N) is 1. The molecule has 2 rings (SSSR count). The first-order chi connectivity index (χ1) is 12.0. The van der Waals surface area contributed by atoms with E-state index in [1.54, 1.807) is 37.4 Å². The minimum atomic E-state index is -0.372. The molecule has 0 atom stereocenters. The van der Waals surface area contributed by atoms with Crippen molar-refractivity contribution >= 4 is 34.7 Å². The summed E-state index contributed by atoms with van der Waals surface area (Å²) in [5.41, 5.74) is 3.45. The Bertz CT molecular complexity index is 783. The Balaban J connectivity index is 2.14. The van der Waals surface area contributed by atoms with Gasteiger partial charge in [-0.2, -0.15) is 5.10 Å². The van der Waals surface area contributed by atoms with Crippen LogP contribution in [0.25, 0.3) is 0 Å². The van der Waals surface area contributed by atoms with Crippen molar-refractivity contribution in [2.24, 2.45) is 5.10 Å². The number of methoxy groups -OCH3 is 3. The molecule has 132 valence electrons. The molecule has 1 amide bonds. The van der Waals surface area contributed by atoms with E-state index in [0.717, 1.165) is 3.57 Å². The standard InChI is InChI=1S/C17H17IN2O5/c1-23-13-8-11(4-5-12(13)18)17(22)20-19-9-10-6-14(24-2)16(21)15(7-10)25-3/h4-9,21H,1-3H3,(H,20,22). The SMILES string of the molecule is COc1cc(C(=O)NN=Cc2cc(OC)c(O)c(OC)c2)ccc1I. The Kier molecular flexibility index (Phi) is 6.45. The lowest BCUT2D eigenvalue weighted by Crippen LogP contribution is -2.17. The first-order valence-electron chi connectivity index (χ1n) is 7.12. The molecular formula is C17H17IN2O5. The number of hydrazone groups is 1. The summed E-state index contributed by atoms with van der Waals surface area (Å²) in [6.45, 7) is 0. The van der Waals surface area contributed by atoms with Crippen LogP contribution in [0.2, 0.25) is 0 Å². The molecule has 0 saturated carbocycles. The highest BCUT2D eigenvalue weighted by molar-refractivity contribution is 14.1. The van der Waals surface area contributed by atoms with Crippen molar-refractivity contribution in [1.29, 1.82) is 0 Å². The molecule has 0 aliphatic heterocycles. The van der Waals surface area contributed by atoms with E-state index in [-0.39, 0.29) is 23.2 Å². The zero-order chi connectivity index (χ0) is 18.4. The molecule has 0 spiro atoms. The van der Waals surface area contributed by atoms with E-state index in [2.05, 4.69) is 33.1 Å². The predicted octanol–water partition coefficient (Wildman–Crippen LogP) is 2.79. The molecule has 2 N–H and O–H groups in total. The maximum Gasteiger partial charge on any atom is 0.271 e. The molecule has 0 saturated heterocycles. The number of ether oxygens (including phenoxy) is 3. The fourth-order valence-electron chi connectivity index (χ4n) is 2.02. The summed E-state index contributed by atoms with van der Waals surface area (Å²) in [6, 6.07) is 8.25. The van der Waals surface area contributed by atoms with Crippen LogP contribution in [-0.4, -0.2) is 38.6 Å². The minimum absolute atomic E-state index is 0.0998. The number of hydrogen-bond acceptors (Lipinski definition) is 6. The van der Waals surface area contributed by atoms with Crippen LogP contribution in [0, 0.1) is 3.57 Å². The maximum atomic E-state index is 12.1. The summed E-state index contributed by atoms with van der Waals surface area (Å²) in [4.78, 5) is 12.1. The van der Waals surface area contributed by atoms with Gasteiger partial charge in [-0.15, -0.1) is 0 Å². The van der Waals surface area contributed by atoms with Crippen LogP contribution in [0.5, 0.6) is 23.0 Å². The van der Waals surface area contributed by atoms with Gasteiger partial charge >= 0.3 is 0 Å². The summed E-state index contributed by atoms with van der Waals surface area (Å²) < 4.78 is 16.2. The van der Waals surface area contributed by atoms with Crippen molar-refractivity contribution < 1.29 is 24.1 Å². The van der Waals surface area contributed by atoms with Crippen LogP contribution >= 0.6 is 22.6 Å². The van der Waals surface area contributed by atoms with Crippen LogP contribution < -0.4 is 19.6 Å². The van der Waals surface area contributed by atoms with Gasteiger partial charge in [0.05, 0.1) is 31.1 Å². The lowest BCUT2D eigenvalue weighted by Gasteiger charge is -2.09. The van der Waals surface area contributed by atoms with Gasteiger partial charge < -0.3 is 19.3 Å². The van der Waals surface area contributed by atoms with Crippen molar-refractivity contribution in [3.8, 4) is 23.0 Å². The summed E-state index contributed by atoms with van der Waals surface area (Å²) in [5.74, 6) is 0.634. The van der Waals surface area contributed by atoms with Gasteiger partial charge in [-0.3, -0.25) is 4.79 Å². The highest BCUT2D eigenvalue weighted by atomic mass is 127. The second kappa shape index (κ2) is 8.56. The number of carbonyl (C=O) groups excluding carboxylic acids is 1. The largest absolute Gasteiger partial charge is 0.502 e. The van der Waals surface area contributed by atoms with Crippen molar-refractivity contribution in [2.45, 2.75) is 0 Å². The molecule has 0 radical (unpaired) electrons. The van der Waals surface area contributed by atoms with Crippen LogP contribution in [0.15, 0.2) is 35.4 Å². The van der Waals surface area contributed by atoms with Gasteiger partial charge in [0.15, 0.2) is 11.5 Å². The van der Waals surface area contributed by atoms with Gasteiger partial charge in [0.25, 0.3) is 5.91 Å². The van der Waals surface area contributed by atoms with E-state index < -0.39 is 0 Å². The van der Waals surface area contributed by atoms with Crippen molar-refractivity contribution in [3.63, 3.8) is 0 Å². The molecule has 25 heavy (non-hydrogen) atoms. The third-order valence-corrected chi connectivity index (χ3v) is 4.19. The Morgan fingerprint density at radius 3 is 2.24 bits per heavy atom. The monoisotopic (exact) mass is 456 g/mol. The summed E-state index contributed by atoms with van der Waals surface area (Å²) in [5, 5.41) is 13.8. The lowest BCUT2D eigenvalue weighted by atomic mass is 10.2. The van der Waals surface area contributed by atoms with Crippen LogP contribution in [0.3, 0.4) is 0 Å². The van der Waals surface area contributed by atoms with E-state index in [4.69, 9.17) is 14.2 Å². The number of carbonyl (C=O) groups is 1. The van der Waals surface area contributed by atoms with Gasteiger partial charge in [0.1, 0.15) is 5.75 Å². The molecule has 0 aliphatic rings. The topological polar surface area (TPSA) is 89.4 Å². The average molecular weight is 456 g/mol. The third-order valence-electron chi connectivity index (χ3n) is 3.30. The molecular weight excluding hydrogens is 439 g/mol. The second-order valence-electron chi connectivity index (χ2n) is 4.82. The number of benzene rings is 2. The van der Waals surface area contributed by atoms with E-state index in [9.17, 15) is 9.90 Å². The molecule has 2 aromatic carbocycles. The first-order valence-corrected chi connectivity index (χ1v) is 8.20. The highest BCUT2D eigenvalue weighted by Gasteiger charge is 2.11. The zero-order valence-electron chi connectivity index (χ0n) is 13.9. The number of halogens is 1. The lowest BCUT2D eigenvalue weighted by molar-refractivity contribution is 0.0954. The zero-order valence-corrected chi connectivity index (χ0v) is 16.0. The number of amides is 1. The molecule has 0 aromatic heterocycles. The second-order valence-corrected chi connectivity index (χ2v) is 5.98. The fraction of sp³-hybridized carbons (Fsp3) is 0.176. The number of phenolic OH excluding ortho intramolecular Hbond substituents is 1. The smallest absolute Gasteiger partial charge is 0.271 e. The van der Waals surface area contributed by atoms with Gasteiger partial charge in [-0.1, -0.05) is 0 Å². The Morgan fingerprint density at radius 1 is 1.08 bits per heavy atom. The highest BCUT2D eigenvalue weighted by Crippen LogP contribution is 2.36. The molecule has 0 fully saturated rings. The van der Waals surface area contributed by atoms with Gasteiger partial charge in [-0.05, 0) is 52.9 Å². The average Bonchev–Trinajstić information content (AvgIpc) is 2.63. The van der Waals surface area contributed by atoms with E-state index in [1.807, 2.05) is 0 Å². The van der Waals surface area contributed by atoms with Crippen LogP contribution in [0.1, 0.15) is 15.9 Å². The van der Waals surface area contributed by atoms with Gasteiger partial charge in [-0.25, -0.2) is 5.43 Å². The normalized spacial score (nSPS) is 10.6. The number of nitrogens with zero attached hydrogens (tertiary/aromatic N) is 1. The molecule has 0 bridgehead atoms. The molecule has 7 nitrogen and oxygen atoms in total. The van der Waals surface area contributed by atoms with E-state index >= 15 is 0 Å². The van der Waals surface area contributed by atoms with Crippen molar-refractivity contribution in [3.05, 3.63) is 45.0 Å². The molecule has 2 aromatic rings. The number of hydrogen-bond donors (Lipinski definition) is 2. The molecule has 0 heterocycles. The molecule has 0 unspecified atom stereocenters. The molecule has 8 heteroatoms. The third kappa shape index (κ3) is 4.53. The fourth-order valence-corrected chi connectivity index (χ4v) is 2.58. The van der Waals surface area contributed by atoms with E-state index in [0.29, 0.717) is 16.9 Å². The summed E-state index contributed by atoms with van der Waals surface area (Å²) in [7, 11) is 4.41. The quantitative estimate of drug-likeness (QED) is 0.397. The Labute approximate surface area is 158 Å². The number of rotatable bonds is 6. The van der Waals surface area contributed by atoms with Crippen LogP contribution in [-0.2, 0) is 0 Å². The van der Waals surface area contributed by atoms with Crippen molar-refractivity contribution in [2.75, 3.05) is 21.3 Å². The van der Waals surface area contributed by atoms with Gasteiger partial charge in [0.2, 0.25) is 5.75 Å². The summed E-state index contributed by atoms with van der Waals surface area (Å²) in [6.07, 6.45) is 1.42. The van der Waals surface area contributed by atoms with Crippen molar-refractivity contribution in [1.82, 2.24) is 5.43 Å².